The van der Waals surface area contributed by atoms with Crippen molar-refractivity contribution < 1.29 is 4.79 Å². The molecule has 0 bridgehead atoms. The number of aromatic nitrogens is 2. The van der Waals surface area contributed by atoms with Crippen LogP contribution in [0.15, 0.2) is 36.7 Å². The summed E-state index contributed by atoms with van der Waals surface area (Å²) in [5.74, 6) is 0.679. The van der Waals surface area contributed by atoms with Crippen LogP contribution in [-0.4, -0.2) is 33.7 Å². The van der Waals surface area contributed by atoms with E-state index >= 15 is 0 Å². The Balaban J connectivity index is 1.58. The molecule has 1 aromatic heterocycles. The van der Waals surface area contributed by atoms with Crippen molar-refractivity contribution in [1.82, 2.24) is 14.7 Å². The molecular formula is C18H22ClN3O. The first-order chi connectivity index (χ1) is 11.0. The molecule has 0 aliphatic heterocycles. The maximum absolute atomic E-state index is 12.7. The van der Waals surface area contributed by atoms with Gasteiger partial charge in [-0.1, -0.05) is 23.7 Å². The average Bonchev–Trinajstić information content (AvgIpc) is 3.22. The zero-order chi connectivity index (χ0) is 16.6. The molecule has 0 saturated heterocycles. The van der Waals surface area contributed by atoms with Crippen LogP contribution >= 0.6 is 11.6 Å². The lowest BCUT2D eigenvalue weighted by Gasteiger charge is -2.25. The molecule has 1 fully saturated rings. The standard InChI is InChI=1S/C18H22ClN3O/c1-12(8-13-4-6-15(19)7-5-13)22(3)18(23)17-9-16(17)14-10-20-21(2)11-14/h4-7,10-12,16-17H,8-9H2,1-3H3/t12-,16-,17+/m1/s1. The Labute approximate surface area is 142 Å². The Kier molecular flexibility index (Phi) is 4.44. The average molecular weight is 332 g/mol. The summed E-state index contributed by atoms with van der Waals surface area (Å²) in [6, 6.07) is 7.99. The van der Waals surface area contributed by atoms with Gasteiger partial charge < -0.3 is 4.90 Å². The lowest BCUT2D eigenvalue weighted by molar-refractivity contribution is -0.133. The fourth-order valence-electron chi connectivity index (χ4n) is 3.05. The van der Waals surface area contributed by atoms with E-state index in [-0.39, 0.29) is 17.9 Å². The van der Waals surface area contributed by atoms with E-state index in [1.807, 2.05) is 55.7 Å². The van der Waals surface area contributed by atoms with Gasteiger partial charge in [-0.05, 0) is 48.9 Å². The van der Waals surface area contributed by atoms with Crippen molar-refractivity contribution in [2.24, 2.45) is 13.0 Å². The van der Waals surface area contributed by atoms with Gasteiger partial charge in [-0.3, -0.25) is 9.48 Å². The Hall–Kier alpha value is -1.81. The highest BCUT2D eigenvalue weighted by Crippen LogP contribution is 2.48. The van der Waals surface area contributed by atoms with Crippen LogP contribution in [0.25, 0.3) is 0 Å². The van der Waals surface area contributed by atoms with Crippen LogP contribution in [0.5, 0.6) is 0 Å². The van der Waals surface area contributed by atoms with Gasteiger partial charge in [0.15, 0.2) is 0 Å². The minimum atomic E-state index is 0.108. The smallest absolute Gasteiger partial charge is 0.226 e. The highest BCUT2D eigenvalue weighted by atomic mass is 35.5. The quantitative estimate of drug-likeness (QED) is 0.843. The van der Waals surface area contributed by atoms with Crippen molar-refractivity contribution in [3.63, 3.8) is 0 Å². The molecule has 3 atom stereocenters. The molecule has 5 heteroatoms. The first-order valence-corrected chi connectivity index (χ1v) is 8.33. The lowest BCUT2D eigenvalue weighted by atomic mass is 10.1. The molecule has 1 aromatic carbocycles. The highest BCUT2D eigenvalue weighted by Gasteiger charge is 2.46. The number of amides is 1. The number of benzene rings is 1. The third kappa shape index (κ3) is 3.58. The topological polar surface area (TPSA) is 38.1 Å². The van der Waals surface area contributed by atoms with Gasteiger partial charge in [-0.2, -0.15) is 5.10 Å². The van der Waals surface area contributed by atoms with Gasteiger partial charge in [-0.15, -0.1) is 0 Å². The second-order valence-electron chi connectivity index (χ2n) is 6.52. The van der Waals surface area contributed by atoms with Crippen molar-refractivity contribution in [3.05, 3.63) is 52.8 Å². The number of carbonyl (C=O) groups excluding carboxylic acids is 1. The molecule has 4 nitrogen and oxygen atoms in total. The van der Waals surface area contributed by atoms with Crippen LogP contribution in [0.3, 0.4) is 0 Å². The van der Waals surface area contributed by atoms with Crippen molar-refractivity contribution in [2.45, 2.75) is 31.7 Å². The molecular weight excluding hydrogens is 310 g/mol. The molecule has 0 unspecified atom stereocenters. The van der Waals surface area contributed by atoms with E-state index in [1.165, 1.54) is 11.1 Å². The number of carbonyl (C=O) groups is 1. The second-order valence-corrected chi connectivity index (χ2v) is 6.96. The second kappa shape index (κ2) is 6.36. The summed E-state index contributed by atoms with van der Waals surface area (Å²) in [6.07, 6.45) is 5.65. The predicted octanol–water partition coefficient (Wildman–Crippen LogP) is 3.27. The summed E-state index contributed by atoms with van der Waals surface area (Å²) in [5, 5.41) is 4.93. The lowest BCUT2D eigenvalue weighted by Crippen LogP contribution is -2.37. The first-order valence-electron chi connectivity index (χ1n) is 7.95. The largest absolute Gasteiger partial charge is 0.342 e. The summed E-state index contributed by atoms with van der Waals surface area (Å²) in [7, 11) is 3.81. The Bertz CT molecular complexity index is 695. The number of hydrogen-bond donors (Lipinski definition) is 0. The molecule has 122 valence electrons. The van der Waals surface area contributed by atoms with Gasteiger partial charge in [0.05, 0.1) is 6.20 Å². The van der Waals surface area contributed by atoms with Crippen LogP contribution in [0.1, 0.15) is 30.4 Å². The SMILES string of the molecule is C[C@H](Cc1ccc(Cl)cc1)N(C)C(=O)[C@H]1C[C@@H]1c1cnn(C)c1. The highest BCUT2D eigenvalue weighted by molar-refractivity contribution is 6.30. The fourth-order valence-corrected chi connectivity index (χ4v) is 3.17. The van der Waals surface area contributed by atoms with Crippen molar-refractivity contribution in [3.8, 4) is 0 Å². The summed E-state index contributed by atoms with van der Waals surface area (Å²) in [6.45, 7) is 2.09. The van der Waals surface area contributed by atoms with Crippen LogP contribution in [0, 0.1) is 5.92 Å². The zero-order valence-corrected chi connectivity index (χ0v) is 14.5. The molecule has 0 spiro atoms. The van der Waals surface area contributed by atoms with Crippen LogP contribution in [0.2, 0.25) is 5.02 Å². The minimum absolute atomic E-state index is 0.108. The van der Waals surface area contributed by atoms with Gasteiger partial charge in [-0.25, -0.2) is 0 Å². The summed E-state index contributed by atoms with van der Waals surface area (Å²) >= 11 is 5.92. The maximum atomic E-state index is 12.7. The Morgan fingerprint density at radius 2 is 2.13 bits per heavy atom. The van der Waals surface area contributed by atoms with Crippen molar-refractivity contribution >= 4 is 17.5 Å². The normalized spacial score (nSPS) is 21.0. The van der Waals surface area contributed by atoms with E-state index in [9.17, 15) is 4.79 Å². The molecule has 1 amide bonds. The summed E-state index contributed by atoms with van der Waals surface area (Å²) in [4.78, 5) is 14.5. The van der Waals surface area contributed by atoms with Gasteiger partial charge in [0.25, 0.3) is 0 Å². The van der Waals surface area contributed by atoms with E-state index in [4.69, 9.17) is 11.6 Å². The van der Waals surface area contributed by atoms with Gasteiger partial charge in [0, 0.05) is 37.3 Å². The van der Waals surface area contributed by atoms with Crippen molar-refractivity contribution in [2.75, 3.05) is 7.05 Å². The molecule has 1 heterocycles. The van der Waals surface area contributed by atoms with E-state index in [0.29, 0.717) is 5.92 Å². The van der Waals surface area contributed by atoms with E-state index < -0.39 is 0 Å². The molecule has 0 N–H and O–H groups in total. The predicted molar refractivity (Wildman–Crippen MR) is 91.4 cm³/mol. The fraction of sp³-hybridized carbons (Fsp3) is 0.444. The minimum Gasteiger partial charge on any atom is -0.342 e. The number of hydrogen-bond acceptors (Lipinski definition) is 2. The number of rotatable bonds is 5. The van der Waals surface area contributed by atoms with Gasteiger partial charge in [0.1, 0.15) is 0 Å². The van der Waals surface area contributed by atoms with Gasteiger partial charge in [0.2, 0.25) is 5.91 Å². The molecule has 1 saturated carbocycles. The number of nitrogens with zero attached hydrogens (tertiary/aromatic N) is 3. The third-order valence-corrected chi connectivity index (χ3v) is 4.97. The van der Waals surface area contributed by atoms with Crippen LogP contribution < -0.4 is 0 Å². The molecule has 3 rings (SSSR count). The summed E-state index contributed by atoms with van der Waals surface area (Å²) in [5.41, 5.74) is 2.37. The number of aryl methyl sites for hydroxylation is 1. The molecule has 1 aliphatic rings. The van der Waals surface area contributed by atoms with E-state index in [1.54, 1.807) is 4.68 Å². The molecule has 2 aromatic rings. The van der Waals surface area contributed by atoms with Gasteiger partial charge >= 0.3 is 0 Å². The third-order valence-electron chi connectivity index (χ3n) is 4.71. The van der Waals surface area contributed by atoms with E-state index in [2.05, 4.69) is 12.0 Å². The van der Waals surface area contributed by atoms with Crippen molar-refractivity contribution in [1.29, 1.82) is 0 Å². The Morgan fingerprint density at radius 3 is 2.74 bits per heavy atom. The van der Waals surface area contributed by atoms with E-state index in [0.717, 1.165) is 17.9 Å². The molecule has 1 aliphatic carbocycles. The number of halogens is 1. The maximum Gasteiger partial charge on any atom is 0.226 e. The zero-order valence-electron chi connectivity index (χ0n) is 13.7. The number of likely N-dealkylation sites (N-methyl/N-ethyl adjacent to an activating group) is 1. The van der Waals surface area contributed by atoms with Crippen LogP contribution in [0.4, 0.5) is 0 Å². The Morgan fingerprint density at radius 1 is 1.43 bits per heavy atom. The van der Waals surface area contributed by atoms with Crippen LogP contribution in [-0.2, 0) is 18.3 Å². The molecule has 23 heavy (non-hydrogen) atoms. The molecule has 0 radical (unpaired) electrons. The monoisotopic (exact) mass is 331 g/mol. The summed E-state index contributed by atoms with van der Waals surface area (Å²) < 4.78 is 1.79. The first kappa shape index (κ1) is 16.1.